The molecule has 0 saturated carbocycles. The van der Waals surface area contributed by atoms with Gasteiger partial charge in [-0.2, -0.15) is 0 Å². The molecule has 6 aromatic rings. The van der Waals surface area contributed by atoms with Crippen LogP contribution in [0.5, 0.6) is 11.5 Å². The fourth-order valence-electron chi connectivity index (χ4n) is 4.43. The predicted molar refractivity (Wildman–Crippen MR) is 153 cm³/mol. The summed E-state index contributed by atoms with van der Waals surface area (Å²) >= 11 is 0. The number of rotatable bonds is 7. The predicted octanol–water partition coefficient (Wildman–Crippen LogP) is 6.06. The number of amides is 1. The van der Waals surface area contributed by atoms with Crippen molar-refractivity contribution >= 4 is 22.8 Å². The van der Waals surface area contributed by atoms with E-state index in [9.17, 15) is 14.0 Å². The maximum atomic E-state index is 15.4. The van der Waals surface area contributed by atoms with Crippen LogP contribution in [0, 0.1) is 11.6 Å². The van der Waals surface area contributed by atoms with Gasteiger partial charge in [-0.15, -0.1) is 0 Å². The third-order valence-electron chi connectivity index (χ3n) is 6.54. The monoisotopic (exact) mass is 564 g/mol. The highest BCUT2D eigenvalue weighted by Crippen LogP contribution is 2.38. The van der Waals surface area contributed by atoms with E-state index in [-0.39, 0.29) is 17.0 Å². The number of aromatic nitrogens is 5. The molecule has 0 fully saturated rings. The zero-order chi connectivity index (χ0) is 29.2. The van der Waals surface area contributed by atoms with Crippen molar-refractivity contribution in [2.24, 2.45) is 0 Å². The number of hydrogen-bond donors (Lipinski definition) is 2. The Morgan fingerprint density at radius 3 is 2.57 bits per heavy atom. The molecule has 0 aliphatic rings. The van der Waals surface area contributed by atoms with Crippen LogP contribution < -0.4 is 15.6 Å². The first-order valence-corrected chi connectivity index (χ1v) is 13.0. The molecule has 0 spiro atoms. The van der Waals surface area contributed by atoms with Gasteiger partial charge in [0, 0.05) is 54.2 Å². The summed E-state index contributed by atoms with van der Waals surface area (Å²) in [5.41, 5.74) is 2.02. The molecule has 9 nitrogen and oxygen atoms in total. The van der Waals surface area contributed by atoms with Crippen molar-refractivity contribution in [1.82, 2.24) is 24.5 Å². The number of aromatic amines is 1. The minimum absolute atomic E-state index is 0.102. The van der Waals surface area contributed by atoms with Crippen molar-refractivity contribution in [2.75, 3.05) is 5.32 Å². The van der Waals surface area contributed by atoms with Crippen LogP contribution in [-0.2, 0) is 6.42 Å². The molecule has 0 aliphatic heterocycles. The Balaban J connectivity index is 1.29. The molecule has 0 bridgehead atoms. The van der Waals surface area contributed by atoms with E-state index in [2.05, 4.69) is 25.3 Å². The van der Waals surface area contributed by atoms with E-state index in [1.54, 1.807) is 30.7 Å². The number of H-pyrrole nitrogens is 1. The Morgan fingerprint density at radius 2 is 1.83 bits per heavy atom. The van der Waals surface area contributed by atoms with Crippen molar-refractivity contribution in [3.63, 3.8) is 0 Å². The molecule has 4 heterocycles. The molecule has 1 amide bonds. The van der Waals surface area contributed by atoms with Gasteiger partial charge in [-0.1, -0.05) is 6.92 Å². The lowest BCUT2D eigenvalue weighted by atomic mass is 10.1. The first kappa shape index (κ1) is 26.5. The Kier molecular flexibility index (Phi) is 6.97. The summed E-state index contributed by atoms with van der Waals surface area (Å²) in [7, 11) is 0. The van der Waals surface area contributed by atoms with Crippen LogP contribution in [0.25, 0.3) is 28.0 Å². The third-order valence-corrected chi connectivity index (χ3v) is 6.54. The molecule has 4 aromatic heterocycles. The van der Waals surface area contributed by atoms with Gasteiger partial charge in [0.25, 0.3) is 11.5 Å². The van der Waals surface area contributed by atoms with Gasteiger partial charge in [0.15, 0.2) is 28.5 Å². The van der Waals surface area contributed by atoms with Crippen LogP contribution >= 0.6 is 0 Å². The smallest absolute Gasteiger partial charge is 0.267 e. The zero-order valence-corrected chi connectivity index (χ0v) is 22.1. The Bertz CT molecular complexity index is 1990. The quantitative estimate of drug-likeness (QED) is 0.244. The van der Waals surface area contributed by atoms with Crippen LogP contribution in [-0.4, -0.2) is 30.4 Å². The van der Waals surface area contributed by atoms with Gasteiger partial charge >= 0.3 is 0 Å². The van der Waals surface area contributed by atoms with Gasteiger partial charge in [-0.25, -0.2) is 18.7 Å². The van der Waals surface area contributed by atoms with Crippen molar-refractivity contribution in [3.8, 4) is 28.3 Å². The second-order valence-electron chi connectivity index (χ2n) is 9.25. The number of halogens is 2. The van der Waals surface area contributed by atoms with E-state index >= 15 is 4.39 Å². The number of hydrogen-bond acceptors (Lipinski definition) is 6. The lowest BCUT2D eigenvalue weighted by Gasteiger charge is -2.13. The summed E-state index contributed by atoms with van der Waals surface area (Å²) in [6, 6.07) is 15.7. The van der Waals surface area contributed by atoms with E-state index in [0.717, 1.165) is 11.6 Å². The normalized spacial score (nSPS) is 11.0. The molecule has 0 aliphatic carbocycles. The average Bonchev–Trinajstić information content (AvgIpc) is 3.44. The third kappa shape index (κ3) is 5.10. The summed E-state index contributed by atoms with van der Waals surface area (Å²) < 4.78 is 36.0. The molecule has 6 rings (SSSR count). The van der Waals surface area contributed by atoms with Gasteiger partial charge in [0.05, 0.1) is 0 Å². The minimum atomic E-state index is -0.749. The van der Waals surface area contributed by atoms with Gasteiger partial charge in [0.1, 0.15) is 17.2 Å². The number of aryl methyl sites for hydroxylation is 1. The largest absolute Gasteiger partial charge is 0.451 e. The van der Waals surface area contributed by atoms with Gasteiger partial charge in [-0.05, 0) is 66.2 Å². The lowest BCUT2D eigenvalue weighted by Crippen LogP contribution is -2.27. The van der Waals surface area contributed by atoms with Crippen LogP contribution in [0.2, 0.25) is 0 Å². The maximum absolute atomic E-state index is 15.4. The summed E-state index contributed by atoms with van der Waals surface area (Å²) in [4.78, 5) is 42.2. The first-order chi connectivity index (χ1) is 20.4. The van der Waals surface area contributed by atoms with E-state index in [4.69, 9.17) is 4.74 Å². The molecular weight excluding hydrogens is 542 g/mol. The molecule has 0 radical (unpaired) electrons. The number of imidazole rings is 1. The van der Waals surface area contributed by atoms with Crippen molar-refractivity contribution < 1.29 is 18.3 Å². The second kappa shape index (κ2) is 11.0. The number of pyridine rings is 3. The molecular formula is C31H22F2N6O3. The molecule has 11 heteroatoms. The molecule has 2 N–H and O–H groups in total. The average molecular weight is 565 g/mol. The summed E-state index contributed by atoms with van der Waals surface area (Å²) in [6.07, 6.45) is 6.99. The van der Waals surface area contributed by atoms with E-state index < -0.39 is 23.1 Å². The van der Waals surface area contributed by atoms with Gasteiger partial charge < -0.3 is 15.0 Å². The van der Waals surface area contributed by atoms with Crippen LogP contribution in [0.15, 0.2) is 96.3 Å². The molecule has 0 atom stereocenters. The van der Waals surface area contributed by atoms with E-state index in [1.165, 1.54) is 59.3 Å². The number of carbonyl (C=O) groups is 1. The maximum Gasteiger partial charge on any atom is 0.267 e. The second-order valence-corrected chi connectivity index (χ2v) is 9.25. The van der Waals surface area contributed by atoms with Crippen LogP contribution in [0.4, 0.5) is 14.5 Å². The fourth-order valence-corrected chi connectivity index (χ4v) is 4.43. The Labute approximate surface area is 237 Å². The molecule has 2 aromatic carbocycles. The van der Waals surface area contributed by atoms with Crippen molar-refractivity contribution in [2.45, 2.75) is 13.3 Å². The van der Waals surface area contributed by atoms with Crippen molar-refractivity contribution in [1.29, 1.82) is 0 Å². The standard InChI is InChI=1S/C31H22F2N6O3/c1-2-26-37-27-28(23(17-35-29(27)38-26)18-11-13-34-14-12-18)42-25-10-7-20(16-24(25)33)36-30(40)22-4-3-15-39(31(22)41)21-8-5-19(32)6-9-21/h3-17H,2H2,1H3,(H,36,40)(H,35,37,38). The number of fused-ring (bicyclic) bond motifs is 1. The highest BCUT2D eigenvalue weighted by molar-refractivity contribution is 6.04. The number of nitrogens with one attached hydrogen (secondary N) is 2. The summed E-state index contributed by atoms with van der Waals surface area (Å²) in [6.45, 7) is 1.95. The molecule has 0 unspecified atom stereocenters. The Morgan fingerprint density at radius 1 is 1.05 bits per heavy atom. The van der Waals surface area contributed by atoms with Crippen molar-refractivity contribution in [3.05, 3.63) is 125 Å². The number of nitrogens with zero attached hydrogens (tertiary/aromatic N) is 4. The first-order valence-electron chi connectivity index (χ1n) is 13.0. The topological polar surface area (TPSA) is 115 Å². The number of benzene rings is 2. The fraction of sp³-hybridized carbons (Fsp3) is 0.0645. The number of ether oxygens (including phenoxy) is 1. The van der Waals surface area contributed by atoms with E-state index in [0.29, 0.717) is 40.4 Å². The van der Waals surface area contributed by atoms with Gasteiger partial charge in [0.2, 0.25) is 0 Å². The molecule has 0 saturated heterocycles. The number of anilines is 1. The Hall–Kier alpha value is -5.71. The minimum Gasteiger partial charge on any atom is -0.451 e. The lowest BCUT2D eigenvalue weighted by molar-refractivity contribution is 0.102. The molecule has 208 valence electrons. The molecule has 42 heavy (non-hydrogen) atoms. The summed E-state index contributed by atoms with van der Waals surface area (Å²) in [5, 5.41) is 2.55. The van der Waals surface area contributed by atoms with Gasteiger partial charge in [-0.3, -0.25) is 19.1 Å². The highest BCUT2D eigenvalue weighted by atomic mass is 19.1. The van der Waals surface area contributed by atoms with E-state index in [1.807, 2.05) is 6.92 Å². The summed E-state index contributed by atoms with van der Waals surface area (Å²) in [5.74, 6) is -1.02. The van der Waals surface area contributed by atoms with Crippen LogP contribution in [0.3, 0.4) is 0 Å². The van der Waals surface area contributed by atoms with Crippen LogP contribution in [0.1, 0.15) is 23.1 Å². The SMILES string of the molecule is CCc1nc2c(Oc3ccc(NC(=O)c4cccn(-c5ccc(F)cc5)c4=O)cc3F)c(-c3ccncc3)cnc2[nH]1. The number of carbonyl (C=O) groups excluding carboxylic acids is 1. The highest BCUT2D eigenvalue weighted by Gasteiger charge is 2.19. The zero-order valence-electron chi connectivity index (χ0n) is 22.1.